The standard InChI is InChI=1S/C24H25BrN2O2S/c1-2-16-8-6-7-11-20(16)26-24-27(19-9-4-3-5-10-19)23(29)22(30-24)15-17-14-18(25)12-13-21(17)28/h6-8,11-15,19,28H,2-5,9-10H2,1H3/b22-15+,26-24?. The summed E-state index contributed by atoms with van der Waals surface area (Å²) in [6.45, 7) is 2.12. The van der Waals surface area contributed by atoms with Gasteiger partial charge in [0.15, 0.2) is 5.17 Å². The largest absolute Gasteiger partial charge is 0.507 e. The maximum atomic E-state index is 13.4. The molecule has 1 saturated carbocycles. The molecule has 2 aliphatic rings. The molecule has 0 radical (unpaired) electrons. The van der Waals surface area contributed by atoms with E-state index in [1.54, 1.807) is 18.2 Å². The van der Waals surface area contributed by atoms with E-state index >= 15 is 0 Å². The highest BCUT2D eigenvalue weighted by molar-refractivity contribution is 9.10. The average Bonchev–Trinajstić information content (AvgIpc) is 3.06. The van der Waals surface area contributed by atoms with E-state index in [1.165, 1.54) is 23.7 Å². The number of nitrogens with zero attached hydrogens (tertiary/aromatic N) is 2. The number of amidine groups is 1. The van der Waals surface area contributed by atoms with Crippen molar-refractivity contribution in [3.63, 3.8) is 0 Å². The van der Waals surface area contributed by atoms with Gasteiger partial charge in [0.05, 0.1) is 10.6 Å². The fraction of sp³-hybridized carbons (Fsp3) is 0.333. The molecule has 2 aromatic carbocycles. The molecule has 0 spiro atoms. The average molecular weight is 485 g/mol. The molecule has 1 N–H and O–H groups in total. The Hall–Kier alpha value is -2.05. The van der Waals surface area contributed by atoms with E-state index in [-0.39, 0.29) is 17.7 Å². The van der Waals surface area contributed by atoms with Crippen molar-refractivity contribution in [2.75, 3.05) is 0 Å². The highest BCUT2D eigenvalue weighted by atomic mass is 79.9. The van der Waals surface area contributed by atoms with Crippen LogP contribution in [-0.2, 0) is 11.2 Å². The minimum Gasteiger partial charge on any atom is -0.507 e. The number of carbonyl (C=O) groups is 1. The molecule has 156 valence electrons. The van der Waals surface area contributed by atoms with Gasteiger partial charge in [-0.05, 0) is 66.9 Å². The predicted octanol–water partition coefficient (Wildman–Crippen LogP) is 6.65. The van der Waals surface area contributed by atoms with Gasteiger partial charge >= 0.3 is 0 Å². The van der Waals surface area contributed by atoms with E-state index in [0.717, 1.165) is 47.4 Å². The summed E-state index contributed by atoms with van der Waals surface area (Å²) < 4.78 is 0.859. The first kappa shape index (κ1) is 21.2. The smallest absolute Gasteiger partial charge is 0.267 e. The number of thioether (sulfide) groups is 1. The second-order valence-corrected chi connectivity index (χ2v) is 9.58. The van der Waals surface area contributed by atoms with E-state index < -0.39 is 0 Å². The maximum absolute atomic E-state index is 13.4. The van der Waals surface area contributed by atoms with Crippen molar-refractivity contribution in [3.8, 4) is 5.75 Å². The van der Waals surface area contributed by atoms with Crippen molar-refractivity contribution >= 4 is 50.5 Å². The summed E-state index contributed by atoms with van der Waals surface area (Å²) in [6, 6.07) is 13.5. The van der Waals surface area contributed by atoms with Crippen LogP contribution in [0.5, 0.6) is 5.75 Å². The molecule has 1 aliphatic carbocycles. The molecule has 0 atom stereocenters. The molecule has 1 amide bonds. The number of aryl methyl sites for hydroxylation is 1. The Bertz CT molecular complexity index is 1010. The van der Waals surface area contributed by atoms with E-state index in [4.69, 9.17) is 4.99 Å². The van der Waals surface area contributed by atoms with Crippen LogP contribution in [0.3, 0.4) is 0 Å². The van der Waals surface area contributed by atoms with E-state index in [9.17, 15) is 9.90 Å². The number of phenolic OH excluding ortho intramolecular Hbond substituents is 1. The lowest BCUT2D eigenvalue weighted by atomic mass is 9.94. The Morgan fingerprint density at radius 1 is 1.20 bits per heavy atom. The van der Waals surface area contributed by atoms with Crippen molar-refractivity contribution in [2.45, 2.75) is 51.5 Å². The summed E-state index contributed by atoms with van der Waals surface area (Å²) in [4.78, 5) is 20.9. The molecule has 0 bridgehead atoms. The molecule has 4 rings (SSSR count). The Kier molecular flexibility index (Phi) is 6.64. The zero-order chi connectivity index (χ0) is 21.1. The normalized spacial score (nSPS) is 20.5. The first-order valence-electron chi connectivity index (χ1n) is 10.4. The number of aliphatic imine (C=N–C) groups is 1. The van der Waals surface area contributed by atoms with Crippen LogP contribution in [0.1, 0.15) is 50.2 Å². The number of hydrogen-bond acceptors (Lipinski definition) is 4. The number of benzene rings is 2. The Morgan fingerprint density at radius 3 is 2.73 bits per heavy atom. The SMILES string of the molecule is CCc1ccccc1N=C1S/C(=C/c2cc(Br)ccc2O)C(=O)N1C1CCCCC1. The minimum atomic E-state index is -0.0148. The number of aromatic hydroxyl groups is 1. The number of rotatable bonds is 4. The van der Waals surface area contributed by atoms with Gasteiger partial charge in [0.2, 0.25) is 0 Å². The molecule has 0 aromatic heterocycles. The topological polar surface area (TPSA) is 52.9 Å². The molecule has 1 saturated heterocycles. The van der Waals surface area contributed by atoms with Gasteiger partial charge in [0.25, 0.3) is 5.91 Å². The summed E-state index contributed by atoms with van der Waals surface area (Å²) >= 11 is 4.85. The third-order valence-corrected chi connectivity index (χ3v) is 7.12. The van der Waals surface area contributed by atoms with E-state index in [0.29, 0.717) is 10.5 Å². The lowest BCUT2D eigenvalue weighted by Crippen LogP contribution is -2.40. The third kappa shape index (κ3) is 4.49. The number of hydrogen-bond donors (Lipinski definition) is 1. The number of carbonyl (C=O) groups excluding carboxylic acids is 1. The van der Waals surface area contributed by atoms with Gasteiger partial charge in [0.1, 0.15) is 5.75 Å². The lowest BCUT2D eigenvalue weighted by molar-refractivity contribution is -0.124. The number of phenols is 1. The lowest BCUT2D eigenvalue weighted by Gasteiger charge is -2.30. The minimum absolute atomic E-state index is 0.0148. The number of para-hydroxylation sites is 1. The summed E-state index contributed by atoms with van der Waals surface area (Å²) in [5.41, 5.74) is 2.71. The van der Waals surface area contributed by atoms with Crippen LogP contribution in [-0.4, -0.2) is 27.1 Å². The second-order valence-electron chi connectivity index (χ2n) is 7.66. The zero-order valence-corrected chi connectivity index (χ0v) is 19.4. The molecule has 0 unspecified atom stereocenters. The van der Waals surface area contributed by atoms with Crippen molar-refractivity contribution in [1.29, 1.82) is 0 Å². The van der Waals surface area contributed by atoms with Crippen LogP contribution in [0.15, 0.2) is 56.8 Å². The highest BCUT2D eigenvalue weighted by Crippen LogP contribution is 2.40. The van der Waals surface area contributed by atoms with Crippen molar-refractivity contribution < 1.29 is 9.90 Å². The Morgan fingerprint density at radius 2 is 1.97 bits per heavy atom. The van der Waals surface area contributed by atoms with E-state index in [1.807, 2.05) is 29.2 Å². The van der Waals surface area contributed by atoms with Crippen LogP contribution in [0.4, 0.5) is 5.69 Å². The van der Waals surface area contributed by atoms with Gasteiger partial charge in [-0.3, -0.25) is 9.69 Å². The summed E-state index contributed by atoms with van der Waals surface area (Å²) in [5.74, 6) is 0.143. The first-order chi connectivity index (χ1) is 14.6. The second kappa shape index (κ2) is 9.40. The molecule has 4 nitrogen and oxygen atoms in total. The molecule has 2 aromatic rings. The van der Waals surface area contributed by atoms with Crippen molar-refractivity contribution in [3.05, 3.63) is 63.0 Å². The fourth-order valence-corrected chi connectivity index (χ4v) is 5.45. The van der Waals surface area contributed by atoms with Gasteiger partial charge < -0.3 is 5.11 Å². The summed E-state index contributed by atoms with van der Waals surface area (Å²) in [7, 11) is 0. The van der Waals surface area contributed by atoms with Crippen LogP contribution in [0.25, 0.3) is 6.08 Å². The fourth-order valence-electron chi connectivity index (χ4n) is 4.03. The predicted molar refractivity (Wildman–Crippen MR) is 128 cm³/mol. The molecule has 30 heavy (non-hydrogen) atoms. The number of amides is 1. The van der Waals surface area contributed by atoms with Crippen molar-refractivity contribution in [1.82, 2.24) is 4.90 Å². The molecule has 2 fully saturated rings. The Balaban J connectivity index is 1.75. The van der Waals surface area contributed by atoms with Crippen LogP contribution in [0, 0.1) is 0 Å². The van der Waals surface area contributed by atoms with Crippen LogP contribution < -0.4 is 0 Å². The summed E-state index contributed by atoms with van der Waals surface area (Å²) in [6.07, 6.45) is 8.20. The molecule has 1 heterocycles. The van der Waals surface area contributed by atoms with Crippen molar-refractivity contribution in [2.24, 2.45) is 4.99 Å². The Labute approximate surface area is 190 Å². The van der Waals surface area contributed by atoms with Gasteiger partial charge in [-0.25, -0.2) is 4.99 Å². The molecule has 1 aliphatic heterocycles. The maximum Gasteiger partial charge on any atom is 0.267 e. The van der Waals surface area contributed by atoms with Gasteiger partial charge in [-0.2, -0.15) is 0 Å². The third-order valence-electron chi connectivity index (χ3n) is 5.64. The van der Waals surface area contributed by atoms with Gasteiger partial charge in [-0.15, -0.1) is 0 Å². The molecular weight excluding hydrogens is 460 g/mol. The zero-order valence-electron chi connectivity index (χ0n) is 17.0. The van der Waals surface area contributed by atoms with Gasteiger partial charge in [-0.1, -0.05) is 60.3 Å². The quantitative estimate of drug-likeness (QED) is 0.493. The summed E-state index contributed by atoms with van der Waals surface area (Å²) in [5, 5.41) is 11.0. The molecule has 6 heteroatoms. The number of halogens is 1. The van der Waals surface area contributed by atoms with Gasteiger partial charge in [0, 0.05) is 16.1 Å². The monoisotopic (exact) mass is 484 g/mol. The van der Waals surface area contributed by atoms with Crippen LogP contribution in [0.2, 0.25) is 0 Å². The highest BCUT2D eigenvalue weighted by Gasteiger charge is 2.38. The first-order valence-corrected chi connectivity index (χ1v) is 12.1. The van der Waals surface area contributed by atoms with E-state index in [2.05, 4.69) is 28.9 Å². The van der Waals surface area contributed by atoms with Crippen LogP contribution >= 0.6 is 27.7 Å². The molecular formula is C24H25BrN2O2S.